The Morgan fingerprint density at radius 3 is 2.53 bits per heavy atom. The SMILES string of the molecule is CS(=O)(=O)N1CCN(c2cnc(C(=O)Nc3cc(F)cc4cccnc34)cn2)CC1. The molecule has 1 fully saturated rings. The van der Waals surface area contributed by atoms with Crippen molar-refractivity contribution in [3.8, 4) is 0 Å². The summed E-state index contributed by atoms with van der Waals surface area (Å²) in [6, 6.07) is 5.94. The minimum atomic E-state index is -3.21. The molecule has 1 aliphatic rings. The number of piperazine rings is 1. The van der Waals surface area contributed by atoms with Gasteiger partial charge in [0.15, 0.2) is 0 Å². The van der Waals surface area contributed by atoms with Crippen molar-refractivity contribution in [3.05, 3.63) is 54.4 Å². The third-order valence-electron chi connectivity index (χ3n) is 4.82. The first-order valence-electron chi connectivity index (χ1n) is 9.19. The van der Waals surface area contributed by atoms with Crippen LogP contribution in [0.2, 0.25) is 0 Å². The predicted molar refractivity (Wildman–Crippen MR) is 110 cm³/mol. The van der Waals surface area contributed by atoms with Crippen LogP contribution >= 0.6 is 0 Å². The Bertz CT molecular complexity index is 1190. The van der Waals surface area contributed by atoms with Gasteiger partial charge in [-0.1, -0.05) is 6.07 Å². The van der Waals surface area contributed by atoms with Crippen molar-refractivity contribution in [2.75, 3.05) is 42.7 Å². The van der Waals surface area contributed by atoms with Crippen molar-refractivity contribution in [1.29, 1.82) is 0 Å². The first-order chi connectivity index (χ1) is 14.3. The molecule has 11 heteroatoms. The highest BCUT2D eigenvalue weighted by molar-refractivity contribution is 7.88. The fraction of sp³-hybridized carbons (Fsp3) is 0.263. The van der Waals surface area contributed by atoms with E-state index in [4.69, 9.17) is 0 Å². The molecule has 1 saturated heterocycles. The average Bonchev–Trinajstić information content (AvgIpc) is 2.73. The van der Waals surface area contributed by atoms with Crippen LogP contribution in [-0.2, 0) is 10.0 Å². The lowest BCUT2D eigenvalue weighted by Gasteiger charge is -2.33. The van der Waals surface area contributed by atoms with Crippen LogP contribution in [0, 0.1) is 5.82 Å². The third kappa shape index (κ3) is 4.21. The van der Waals surface area contributed by atoms with Crippen LogP contribution in [0.4, 0.5) is 15.9 Å². The van der Waals surface area contributed by atoms with Crippen LogP contribution in [0.3, 0.4) is 0 Å². The summed E-state index contributed by atoms with van der Waals surface area (Å²) >= 11 is 0. The van der Waals surface area contributed by atoms with Gasteiger partial charge in [-0.2, -0.15) is 4.31 Å². The molecule has 30 heavy (non-hydrogen) atoms. The molecule has 0 unspecified atom stereocenters. The smallest absolute Gasteiger partial charge is 0.275 e. The highest BCUT2D eigenvalue weighted by Gasteiger charge is 2.24. The van der Waals surface area contributed by atoms with E-state index in [1.54, 1.807) is 18.3 Å². The topological polar surface area (TPSA) is 108 Å². The van der Waals surface area contributed by atoms with E-state index in [1.807, 2.05) is 4.90 Å². The summed E-state index contributed by atoms with van der Waals surface area (Å²) < 4.78 is 38.5. The Balaban J connectivity index is 1.47. The number of rotatable bonds is 4. The van der Waals surface area contributed by atoms with Crippen LogP contribution < -0.4 is 10.2 Å². The summed E-state index contributed by atoms with van der Waals surface area (Å²) in [5, 5.41) is 3.20. The lowest BCUT2D eigenvalue weighted by molar-refractivity contribution is 0.102. The van der Waals surface area contributed by atoms with Gasteiger partial charge in [-0.05, 0) is 18.2 Å². The van der Waals surface area contributed by atoms with Gasteiger partial charge in [0, 0.05) is 37.8 Å². The molecule has 2 aromatic heterocycles. The molecule has 0 spiro atoms. The van der Waals surface area contributed by atoms with E-state index in [2.05, 4.69) is 20.3 Å². The maximum absolute atomic E-state index is 13.9. The number of amides is 1. The van der Waals surface area contributed by atoms with Crippen molar-refractivity contribution < 1.29 is 17.6 Å². The Kier molecular flexibility index (Phi) is 5.31. The van der Waals surface area contributed by atoms with E-state index in [9.17, 15) is 17.6 Å². The number of carbonyl (C=O) groups excluding carboxylic acids is 1. The predicted octanol–water partition coefficient (Wildman–Crippen LogP) is 1.50. The molecular formula is C19H19FN6O3S. The zero-order valence-corrected chi connectivity index (χ0v) is 16.9. The fourth-order valence-electron chi connectivity index (χ4n) is 3.29. The molecule has 0 atom stereocenters. The second kappa shape index (κ2) is 7.92. The van der Waals surface area contributed by atoms with Gasteiger partial charge in [0.1, 0.15) is 17.3 Å². The number of pyridine rings is 1. The number of hydrogen-bond donors (Lipinski definition) is 1. The van der Waals surface area contributed by atoms with Gasteiger partial charge in [0.25, 0.3) is 5.91 Å². The highest BCUT2D eigenvalue weighted by atomic mass is 32.2. The zero-order chi connectivity index (χ0) is 21.3. The van der Waals surface area contributed by atoms with Gasteiger partial charge in [-0.15, -0.1) is 0 Å². The molecule has 0 radical (unpaired) electrons. The molecule has 3 heterocycles. The second-order valence-corrected chi connectivity index (χ2v) is 8.87. The average molecular weight is 430 g/mol. The number of nitrogens with zero attached hydrogens (tertiary/aromatic N) is 5. The normalized spacial score (nSPS) is 15.3. The van der Waals surface area contributed by atoms with E-state index in [-0.39, 0.29) is 11.4 Å². The minimum absolute atomic E-state index is 0.0712. The van der Waals surface area contributed by atoms with E-state index in [0.29, 0.717) is 42.9 Å². The van der Waals surface area contributed by atoms with E-state index >= 15 is 0 Å². The van der Waals surface area contributed by atoms with E-state index in [0.717, 1.165) is 0 Å². The summed E-state index contributed by atoms with van der Waals surface area (Å²) in [7, 11) is -3.21. The summed E-state index contributed by atoms with van der Waals surface area (Å²) in [6.45, 7) is 1.69. The molecule has 156 valence electrons. The number of fused-ring (bicyclic) bond motifs is 1. The van der Waals surface area contributed by atoms with Crippen molar-refractivity contribution in [2.45, 2.75) is 0 Å². The van der Waals surface area contributed by atoms with Crippen LogP contribution in [0.25, 0.3) is 10.9 Å². The quantitative estimate of drug-likeness (QED) is 0.668. The number of aromatic nitrogens is 3. The fourth-order valence-corrected chi connectivity index (χ4v) is 4.11. The van der Waals surface area contributed by atoms with Crippen LogP contribution in [0.5, 0.6) is 0 Å². The molecule has 0 bridgehead atoms. The summed E-state index contributed by atoms with van der Waals surface area (Å²) in [5.74, 6) is -0.466. The monoisotopic (exact) mass is 430 g/mol. The number of hydrogen-bond acceptors (Lipinski definition) is 7. The number of nitrogens with one attached hydrogen (secondary N) is 1. The number of halogens is 1. The standard InChI is InChI=1S/C19H19FN6O3S/c1-30(28,29)26-7-5-25(6-8-26)17-12-22-16(11-23-17)19(27)24-15-10-14(20)9-13-3-2-4-21-18(13)15/h2-4,9-12H,5-8H2,1H3,(H,24,27). The van der Waals surface area contributed by atoms with Crippen molar-refractivity contribution >= 4 is 38.3 Å². The Morgan fingerprint density at radius 2 is 1.87 bits per heavy atom. The largest absolute Gasteiger partial charge is 0.353 e. The maximum Gasteiger partial charge on any atom is 0.275 e. The summed E-state index contributed by atoms with van der Waals surface area (Å²) in [6.07, 6.45) is 5.55. The zero-order valence-electron chi connectivity index (χ0n) is 16.1. The maximum atomic E-state index is 13.9. The lowest BCUT2D eigenvalue weighted by atomic mass is 10.2. The van der Waals surface area contributed by atoms with Gasteiger partial charge < -0.3 is 10.2 Å². The number of anilines is 2. The Labute approximate surface area is 172 Å². The van der Waals surface area contributed by atoms with Crippen molar-refractivity contribution in [3.63, 3.8) is 0 Å². The molecule has 9 nitrogen and oxygen atoms in total. The third-order valence-corrected chi connectivity index (χ3v) is 6.12. The van der Waals surface area contributed by atoms with Crippen LogP contribution in [0.15, 0.2) is 42.9 Å². The molecule has 0 saturated carbocycles. The van der Waals surface area contributed by atoms with Gasteiger partial charge in [-0.25, -0.2) is 22.8 Å². The summed E-state index contributed by atoms with van der Waals surface area (Å²) in [5.41, 5.74) is 0.792. The van der Waals surface area contributed by atoms with Gasteiger partial charge in [-0.3, -0.25) is 9.78 Å². The van der Waals surface area contributed by atoms with Crippen molar-refractivity contribution in [1.82, 2.24) is 19.3 Å². The lowest BCUT2D eigenvalue weighted by Crippen LogP contribution is -2.48. The van der Waals surface area contributed by atoms with Gasteiger partial charge in [0.05, 0.1) is 29.9 Å². The highest BCUT2D eigenvalue weighted by Crippen LogP contribution is 2.23. The first-order valence-corrected chi connectivity index (χ1v) is 11.0. The van der Waals surface area contributed by atoms with Crippen LogP contribution in [0.1, 0.15) is 10.5 Å². The van der Waals surface area contributed by atoms with Crippen molar-refractivity contribution in [2.24, 2.45) is 0 Å². The molecule has 1 aliphatic heterocycles. The summed E-state index contributed by atoms with van der Waals surface area (Å²) in [4.78, 5) is 27.1. The molecular weight excluding hydrogens is 411 g/mol. The van der Waals surface area contributed by atoms with E-state index < -0.39 is 21.7 Å². The number of benzene rings is 1. The second-order valence-electron chi connectivity index (χ2n) is 6.89. The Morgan fingerprint density at radius 1 is 1.10 bits per heavy atom. The molecule has 0 aliphatic carbocycles. The van der Waals surface area contributed by atoms with Crippen LogP contribution in [-0.4, -0.2) is 66.0 Å². The molecule has 1 N–H and O–H groups in total. The van der Waals surface area contributed by atoms with E-state index in [1.165, 1.54) is 35.1 Å². The Hall–Kier alpha value is -3.18. The van der Waals surface area contributed by atoms with Gasteiger partial charge in [0.2, 0.25) is 10.0 Å². The number of carbonyl (C=O) groups is 1. The number of sulfonamides is 1. The molecule has 3 aromatic rings. The molecule has 4 rings (SSSR count). The molecule has 1 amide bonds. The van der Waals surface area contributed by atoms with Gasteiger partial charge >= 0.3 is 0 Å². The minimum Gasteiger partial charge on any atom is -0.353 e. The first kappa shape index (κ1) is 20.1. The molecule has 1 aromatic carbocycles.